The summed E-state index contributed by atoms with van der Waals surface area (Å²) < 4.78 is 10.3. The molecule has 1 rings (SSSR count). The molecule has 104 valence electrons. The molecule has 0 saturated heterocycles. The van der Waals surface area contributed by atoms with Crippen LogP contribution in [-0.2, 0) is 19.1 Å². The molecule has 0 saturated carbocycles. The van der Waals surface area contributed by atoms with Crippen LogP contribution >= 0.6 is 0 Å². The van der Waals surface area contributed by atoms with Crippen molar-refractivity contribution in [1.82, 2.24) is 0 Å². The topological polar surface area (TPSA) is 72.8 Å². The van der Waals surface area contributed by atoms with Gasteiger partial charge in [0.25, 0.3) is 0 Å². The Morgan fingerprint density at radius 3 is 2.58 bits per heavy atom. The van der Waals surface area contributed by atoms with Crippen molar-refractivity contribution < 1.29 is 24.2 Å². The molecule has 0 fully saturated rings. The van der Waals surface area contributed by atoms with Gasteiger partial charge in [-0.1, -0.05) is 18.2 Å². The standard InChI is InChI=1S/C14H18O5/c1-9(15)7-5-6-8-14(3)12(18-4)11(10(2)16)13(17)19-14/h5-9,15H,1-4H3/b7-5+,8-6+/t9-,14-/m0/s1. The fraction of sp³-hybridized carbons (Fsp3) is 0.429. The third kappa shape index (κ3) is 3.32. The predicted octanol–water partition coefficient (Wildman–Crippen LogP) is 1.28. The van der Waals surface area contributed by atoms with Gasteiger partial charge in [-0.2, -0.15) is 0 Å². The minimum atomic E-state index is -1.10. The van der Waals surface area contributed by atoms with Crippen LogP contribution in [0.25, 0.3) is 0 Å². The quantitative estimate of drug-likeness (QED) is 0.461. The van der Waals surface area contributed by atoms with Crippen LogP contribution in [0.15, 0.2) is 35.6 Å². The van der Waals surface area contributed by atoms with Gasteiger partial charge in [0.1, 0.15) is 5.57 Å². The van der Waals surface area contributed by atoms with Crippen LogP contribution in [0.1, 0.15) is 20.8 Å². The van der Waals surface area contributed by atoms with Gasteiger partial charge in [-0.3, -0.25) is 4.79 Å². The summed E-state index contributed by atoms with van der Waals surface area (Å²) in [6.45, 7) is 4.54. The van der Waals surface area contributed by atoms with E-state index in [0.29, 0.717) is 0 Å². The number of allylic oxidation sites excluding steroid dienone is 2. The lowest BCUT2D eigenvalue weighted by molar-refractivity contribution is -0.144. The number of carbonyl (C=O) groups excluding carboxylic acids is 2. The number of rotatable bonds is 5. The fourth-order valence-corrected chi connectivity index (χ4v) is 1.81. The number of Topliss-reactive ketones (excluding diaryl/α,β-unsaturated/α-hetero) is 1. The highest BCUT2D eigenvalue weighted by Gasteiger charge is 2.45. The first-order chi connectivity index (χ1) is 8.81. The molecule has 0 spiro atoms. The Labute approximate surface area is 112 Å². The Morgan fingerprint density at radius 1 is 1.47 bits per heavy atom. The Morgan fingerprint density at radius 2 is 2.11 bits per heavy atom. The van der Waals surface area contributed by atoms with E-state index < -0.39 is 23.5 Å². The van der Waals surface area contributed by atoms with Crippen LogP contribution in [0, 0.1) is 0 Å². The fourth-order valence-electron chi connectivity index (χ4n) is 1.81. The highest BCUT2D eigenvalue weighted by atomic mass is 16.6. The second kappa shape index (κ2) is 5.84. The molecule has 0 amide bonds. The smallest absolute Gasteiger partial charge is 0.346 e. The van der Waals surface area contributed by atoms with Crippen molar-refractivity contribution in [3.63, 3.8) is 0 Å². The summed E-state index contributed by atoms with van der Waals surface area (Å²) in [7, 11) is 1.39. The van der Waals surface area contributed by atoms with Gasteiger partial charge in [0.2, 0.25) is 0 Å². The first-order valence-electron chi connectivity index (χ1n) is 5.89. The average Bonchev–Trinajstić information content (AvgIpc) is 2.55. The monoisotopic (exact) mass is 266 g/mol. The Bertz CT molecular complexity index is 470. The van der Waals surface area contributed by atoms with E-state index in [4.69, 9.17) is 14.6 Å². The van der Waals surface area contributed by atoms with Gasteiger partial charge in [0.15, 0.2) is 17.1 Å². The van der Waals surface area contributed by atoms with E-state index in [0.717, 1.165) is 0 Å². The van der Waals surface area contributed by atoms with E-state index in [1.165, 1.54) is 14.0 Å². The van der Waals surface area contributed by atoms with E-state index in [2.05, 4.69) is 0 Å². The number of ether oxygens (including phenoxy) is 2. The van der Waals surface area contributed by atoms with E-state index in [-0.39, 0.29) is 11.3 Å². The van der Waals surface area contributed by atoms with Crippen molar-refractivity contribution in [3.8, 4) is 0 Å². The number of carbonyl (C=O) groups is 2. The molecule has 0 radical (unpaired) electrons. The molecule has 0 unspecified atom stereocenters. The Hall–Kier alpha value is -1.88. The molecule has 1 aliphatic heterocycles. The van der Waals surface area contributed by atoms with Gasteiger partial charge in [-0.15, -0.1) is 0 Å². The lowest BCUT2D eigenvalue weighted by atomic mass is 10.0. The van der Waals surface area contributed by atoms with Gasteiger partial charge in [-0.05, 0) is 26.8 Å². The molecule has 1 heterocycles. The zero-order valence-corrected chi connectivity index (χ0v) is 11.5. The van der Waals surface area contributed by atoms with Crippen molar-refractivity contribution in [2.24, 2.45) is 0 Å². The molecule has 5 heteroatoms. The zero-order chi connectivity index (χ0) is 14.6. The number of hydrogen-bond acceptors (Lipinski definition) is 5. The molecule has 0 aliphatic carbocycles. The van der Waals surface area contributed by atoms with Gasteiger partial charge < -0.3 is 14.6 Å². The lowest BCUT2D eigenvalue weighted by Gasteiger charge is -2.21. The summed E-state index contributed by atoms with van der Waals surface area (Å²) in [6, 6.07) is 0. The molecule has 1 aliphatic rings. The summed E-state index contributed by atoms with van der Waals surface area (Å²) in [5, 5.41) is 9.08. The molecule has 19 heavy (non-hydrogen) atoms. The van der Waals surface area contributed by atoms with Crippen LogP contribution in [-0.4, -0.2) is 35.7 Å². The van der Waals surface area contributed by atoms with E-state index >= 15 is 0 Å². The van der Waals surface area contributed by atoms with Crippen LogP contribution in [0.5, 0.6) is 0 Å². The number of esters is 1. The summed E-state index contributed by atoms with van der Waals surface area (Å²) in [5.74, 6) is -0.874. The number of ketones is 1. The molecule has 0 aromatic heterocycles. The lowest BCUT2D eigenvalue weighted by Crippen LogP contribution is -2.25. The summed E-state index contributed by atoms with van der Waals surface area (Å²) in [5.41, 5.74) is -1.16. The molecule has 1 N–H and O–H groups in total. The number of cyclic esters (lactones) is 1. The van der Waals surface area contributed by atoms with Crippen molar-refractivity contribution in [3.05, 3.63) is 35.6 Å². The summed E-state index contributed by atoms with van der Waals surface area (Å²) >= 11 is 0. The van der Waals surface area contributed by atoms with Gasteiger partial charge in [0, 0.05) is 0 Å². The maximum Gasteiger partial charge on any atom is 0.346 e. The maximum atomic E-state index is 11.7. The first-order valence-corrected chi connectivity index (χ1v) is 5.89. The average molecular weight is 266 g/mol. The minimum Gasteiger partial charge on any atom is -0.495 e. The maximum absolute atomic E-state index is 11.7. The zero-order valence-electron chi connectivity index (χ0n) is 11.5. The first kappa shape index (κ1) is 15.2. The van der Waals surface area contributed by atoms with E-state index in [9.17, 15) is 9.59 Å². The van der Waals surface area contributed by atoms with Gasteiger partial charge in [0.05, 0.1) is 13.2 Å². The van der Waals surface area contributed by atoms with Crippen molar-refractivity contribution in [1.29, 1.82) is 0 Å². The molecule has 5 nitrogen and oxygen atoms in total. The minimum absolute atomic E-state index is 0.0610. The number of aliphatic hydroxyl groups is 1. The predicted molar refractivity (Wildman–Crippen MR) is 69.2 cm³/mol. The van der Waals surface area contributed by atoms with Crippen molar-refractivity contribution in [2.45, 2.75) is 32.5 Å². The Balaban J connectivity index is 3.06. The SMILES string of the molecule is COC1=C(C(C)=O)C(=O)O[C@@]1(C)/C=C/C=C/[C@H](C)O. The summed E-state index contributed by atoms with van der Waals surface area (Å²) in [6.07, 6.45) is 5.86. The van der Waals surface area contributed by atoms with Gasteiger partial charge >= 0.3 is 5.97 Å². The highest BCUT2D eigenvalue weighted by Crippen LogP contribution is 2.34. The molecule has 0 aromatic rings. The number of hydrogen-bond donors (Lipinski definition) is 1. The van der Waals surface area contributed by atoms with E-state index in [1.807, 2.05) is 0 Å². The highest BCUT2D eigenvalue weighted by molar-refractivity contribution is 6.18. The second-order valence-corrected chi connectivity index (χ2v) is 4.45. The molecular weight excluding hydrogens is 248 g/mol. The normalized spacial score (nSPS) is 25.2. The van der Waals surface area contributed by atoms with Crippen LogP contribution in [0.3, 0.4) is 0 Å². The largest absolute Gasteiger partial charge is 0.495 e. The molecule has 0 bridgehead atoms. The van der Waals surface area contributed by atoms with Crippen molar-refractivity contribution in [2.75, 3.05) is 7.11 Å². The molecule has 0 aromatic carbocycles. The van der Waals surface area contributed by atoms with Gasteiger partial charge in [-0.25, -0.2) is 4.79 Å². The van der Waals surface area contributed by atoms with Crippen molar-refractivity contribution >= 4 is 11.8 Å². The molecular formula is C14H18O5. The third-order valence-electron chi connectivity index (χ3n) is 2.66. The molecule has 2 atom stereocenters. The number of aliphatic hydroxyl groups excluding tert-OH is 1. The third-order valence-corrected chi connectivity index (χ3v) is 2.66. The van der Waals surface area contributed by atoms with E-state index in [1.54, 1.807) is 38.2 Å². The summed E-state index contributed by atoms with van der Waals surface area (Å²) in [4.78, 5) is 23.1. The number of methoxy groups -OCH3 is 1. The van der Waals surface area contributed by atoms with Crippen LogP contribution < -0.4 is 0 Å². The van der Waals surface area contributed by atoms with Crippen LogP contribution in [0.4, 0.5) is 0 Å². The second-order valence-electron chi connectivity index (χ2n) is 4.45. The van der Waals surface area contributed by atoms with Crippen LogP contribution in [0.2, 0.25) is 0 Å². The Kier molecular flexibility index (Phi) is 4.67.